The van der Waals surface area contributed by atoms with Crippen LogP contribution < -0.4 is 10.1 Å². The lowest BCUT2D eigenvalue weighted by atomic mass is 10.1. The van der Waals surface area contributed by atoms with Crippen LogP contribution in [0, 0.1) is 11.3 Å². The Morgan fingerprint density at radius 1 is 1.03 bits per heavy atom. The SMILES string of the molecule is COc1ccc(-c2csc(NC(=O)C(C)Sc3nc(-c4ccccc4)ccc3C#N)n2)cc1. The molecule has 1 unspecified atom stereocenters. The molecular weight excluding hydrogens is 452 g/mol. The van der Waals surface area contributed by atoms with Crippen LogP contribution in [0.1, 0.15) is 12.5 Å². The van der Waals surface area contributed by atoms with Crippen molar-refractivity contribution in [3.63, 3.8) is 0 Å². The lowest BCUT2D eigenvalue weighted by Gasteiger charge is -2.12. The molecule has 0 saturated carbocycles. The molecule has 164 valence electrons. The molecule has 33 heavy (non-hydrogen) atoms. The van der Waals surface area contributed by atoms with Crippen molar-refractivity contribution in [2.24, 2.45) is 0 Å². The highest BCUT2D eigenvalue weighted by atomic mass is 32.2. The standard InChI is InChI=1S/C25H20N4O2S2/c1-16(33-24-19(14-26)10-13-21(27-24)17-6-4-3-5-7-17)23(30)29-25-28-22(15-32-25)18-8-11-20(31-2)12-9-18/h3-13,15-16H,1-2H3,(H,28,29,30). The van der Waals surface area contributed by atoms with Gasteiger partial charge in [0.15, 0.2) is 5.13 Å². The number of pyridine rings is 1. The zero-order chi connectivity index (χ0) is 23.2. The average Bonchev–Trinajstić information content (AvgIpc) is 3.33. The van der Waals surface area contributed by atoms with Gasteiger partial charge in [0.1, 0.15) is 16.8 Å². The van der Waals surface area contributed by atoms with E-state index in [1.807, 2.05) is 66.0 Å². The highest BCUT2D eigenvalue weighted by molar-refractivity contribution is 8.00. The van der Waals surface area contributed by atoms with Crippen molar-refractivity contribution in [2.45, 2.75) is 17.2 Å². The van der Waals surface area contributed by atoms with Gasteiger partial charge in [-0.05, 0) is 43.3 Å². The van der Waals surface area contributed by atoms with E-state index in [1.165, 1.54) is 23.1 Å². The van der Waals surface area contributed by atoms with Gasteiger partial charge in [-0.15, -0.1) is 11.3 Å². The van der Waals surface area contributed by atoms with Gasteiger partial charge in [-0.2, -0.15) is 5.26 Å². The fourth-order valence-corrected chi connectivity index (χ4v) is 4.65. The second-order valence-corrected chi connectivity index (χ2v) is 9.23. The number of methoxy groups -OCH3 is 1. The molecule has 2 heterocycles. The van der Waals surface area contributed by atoms with E-state index in [2.05, 4.69) is 21.4 Å². The van der Waals surface area contributed by atoms with Crippen LogP contribution in [0.2, 0.25) is 0 Å². The predicted octanol–water partition coefficient (Wildman–Crippen LogP) is 5.87. The molecule has 0 aliphatic rings. The quantitative estimate of drug-likeness (QED) is 0.338. The number of anilines is 1. The third kappa shape index (κ3) is 5.40. The van der Waals surface area contributed by atoms with Gasteiger partial charge in [-0.25, -0.2) is 9.97 Å². The van der Waals surface area contributed by atoms with E-state index >= 15 is 0 Å². The summed E-state index contributed by atoms with van der Waals surface area (Å²) in [5.41, 5.74) is 3.87. The van der Waals surface area contributed by atoms with E-state index in [1.54, 1.807) is 20.1 Å². The van der Waals surface area contributed by atoms with Gasteiger partial charge in [0.2, 0.25) is 5.91 Å². The minimum atomic E-state index is -0.469. The molecule has 6 nitrogen and oxygen atoms in total. The van der Waals surface area contributed by atoms with Gasteiger partial charge in [-0.3, -0.25) is 4.79 Å². The fraction of sp³-hybridized carbons (Fsp3) is 0.120. The zero-order valence-corrected chi connectivity index (χ0v) is 19.6. The van der Waals surface area contributed by atoms with E-state index in [-0.39, 0.29) is 5.91 Å². The third-order valence-electron chi connectivity index (χ3n) is 4.83. The number of hydrogen-bond donors (Lipinski definition) is 1. The molecule has 1 atom stereocenters. The Morgan fingerprint density at radius 2 is 1.76 bits per heavy atom. The van der Waals surface area contributed by atoms with Crippen LogP contribution >= 0.6 is 23.1 Å². The lowest BCUT2D eigenvalue weighted by molar-refractivity contribution is -0.115. The van der Waals surface area contributed by atoms with Gasteiger partial charge < -0.3 is 10.1 Å². The van der Waals surface area contributed by atoms with Crippen LogP contribution in [0.25, 0.3) is 22.5 Å². The third-order valence-corrected chi connectivity index (χ3v) is 6.69. The fourth-order valence-electron chi connectivity index (χ4n) is 3.04. The van der Waals surface area contributed by atoms with Gasteiger partial charge >= 0.3 is 0 Å². The summed E-state index contributed by atoms with van der Waals surface area (Å²) < 4.78 is 5.18. The Balaban J connectivity index is 1.46. The number of benzene rings is 2. The first-order valence-electron chi connectivity index (χ1n) is 10.1. The number of amides is 1. The molecule has 2 aromatic carbocycles. The molecule has 1 amide bonds. The Kier molecular flexibility index (Phi) is 7.03. The van der Waals surface area contributed by atoms with Crippen LogP contribution in [-0.4, -0.2) is 28.2 Å². The largest absolute Gasteiger partial charge is 0.497 e. The van der Waals surface area contributed by atoms with E-state index < -0.39 is 5.25 Å². The van der Waals surface area contributed by atoms with Gasteiger partial charge in [-0.1, -0.05) is 42.1 Å². The van der Waals surface area contributed by atoms with Crippen LogP contribution in [-0.2, 0) is 4.79 Å². The Bertz CT molecular complexity index is 1300. The summed E-state index contributed by atoms with van der Waals surface area (Å²) in [4.78, 5) is 22.0. The van der Waals surface area contributed by atoms with E-state index in [9.17, 15) is 10.1 Å². The van der Waals surface area contributed by atoms with Crippen molar-refractivity contribution < 1.29 is 9.53 Å². The molecule has 4 rings (SSSR count). The molecule has 0 aliphatic heterocycles. The number of nitriles is 1. The number of carbonyl (C=O) groups is 1. The summed E-state index contributed by atoms with van der Waals surface area (Å²) in [5.74, 6) is 0.571. The maximum Gasteiger partial charge on any atom is 0.239 e. The van der Waals surface area contributed by atoms with Gasteiger partial charge in [0, 0.05) is 16.5 Å². The minimum absolute atomic E-state index is 0.202. The number of hydrogen-bond acceptors (Lipinski definition) is 7. The molecule has 8 heteroatoms. The summed E-state index contributed by atoms with van der Waals surface area (Å²) in [6, 6.07) is 23.0. The highest BCUT2D eigenvalue weighted by Gasteiger charge is 2.19. The number of aromatic nitrogens is 2. The van der Waals surface area contributed by atoms with Gasteiger partial charge in [0.05, 0.1) is 29.3 Å². The van der Waals surface area contributed by atoms with Crippen LogP contribution in [0.3, 0.4) is 0 Å². The van der Waals surface area contributed by atoms with Crippen LogP contribution in [0.4, 0.5) is 5.13 Å². The summed E-state index contributed by atoms with van der Waals surface area (Å²) in [6.45, 7) is 1.79. The normalized spacial score (nSPS) is 11.4. The predicted molar refractivity (Wildman–Crippen MR) is 132 cm³/mol. The second kappa shape index (κ2) is 10.3. The number of rotatable bonds is 7. The van der Waals surface area contributed by atoms with Crippen molar-refractivity contribution in [3.8, 4) is 34.3 Å². The maximum atomic E-state index is 12.8. The highest BCUT2D eigenvalue weighted by Crippen LogP contribution is 2.30. The van der Waals surface area contributed by atoms with Crippen molar-refractivity contribution in [3.05, 3.63) is 77.7 Å². The Labute approximate surface area is 200 Å². The number of nitrogens with one attached hydrogen (secondary N) is 1. The smallest absolute Gasteiger partial charge is 0.239 e. The summed E-state index contributed by atoms with van der Waals surface area (Å²) in [5, 5.41) is 14.8. The van der Waals surface area contributed by atoms with Crippen LogP contribution in [0.15, 0.2) is 77.1 Å². The first kappa shape index (κ1) is 22.5. The molecule has 0 radical (unpaired) electrons. The zero-order valence-electron chi connectivity index (χ0n) is 18.0. The summed E-state index contributed by atoms with van der Waals surface area (Å²) >= 11 is 2.62. The molecule has 0 bridgehead atoms. The Hall–Kier alpha value is -3.67. The minimum Gasteiger partial charge on any atom is -0.497 e. The number of thioether (sulfide) groups is 1. The maximum absolute atomic E-state index is 12.8. The van der Waals surface area contributed by atoms with Crippen LogP contribution in [0.5, 0.6) is 5.75 Å². The Morgan fingerprint density at radius 3 is 2.45 bits per heavy atom. The summed E-state index contributed by atoms with van der Waals surface area (Å²) in [6.07, 6.45) is 0. The molecule has 0 spiro atoms. The number of carbonyl (C=O) groups excluding carboxylic acids is 1. The first-order valence-corrected chi connectivity index (χ1v) is 11.9. The molecule has 4 aromatic rings. The molecule has 0 fully saturated rings. The van der Waals surface area contributed by atoms with Crippen molar-refractivity contribution in [2.75, 3.05) is 12.4 Å². The molecule has 2 aromatic heterocycles. The molecule has 0 saturated heterocycles. The van der Waals surface area contributed by atoms with Gasteiger partial charge in [0.25, 0.3) is 0 Å². The second-order valence-electron chi connectivity index (χ2n) is 7.04. The van der Waals surface area contributed by atoms with Crippen molar-refractivity contribution in [1.82, 2.24) is 9.97 Å². The summed E-state index contributed by atoms with van der Waals surface area (Å²) in [7, 11) is 1.62. The number of ether oxygens (including phenoxy) is 1. The van der Waals surface area contributed by atoms with Crippen molar-refractivity contribution in [1.29, 1.82) is 5.26 Å². The van der Waals surface area contributed by atoms with E-state index in [0.29, 0.717) is 15.7 Å². The van der Waals surface area contributed by atoms with E-state index in [0.717, 1.165) is 28.3 Å². The topological polar surface area (TPSA) is 87.9 Å². The van der Waals surface area contributed by atoms with E-state index in [4.69, 9.17) is 4.74 Å². The average molecular weight is 473 g/mol. The monoisotopic (exact) mass is 472 g/mol. The number of thiazole rings is 1. The number of nitrogens with zero attached hydrogens (tertiary/aromatic N) is 3. The van der Waals surface area contributed by atoms with Crippen molar-refractivity contribution >= 4 is 34.1 Å². The molecular formula is C25H20N4O2S2. The molecule has 0 aliphatic carbocycles. The first-order chi connectivity index (χ1) is 16.1. The molecule has 1 N–H and O–H groups in total. The lowest BCUT2D eigenvalue weighted by Crippen LogP contribution is -2.22.